The maximum absolute atomic E-state index is 12.8. The van der Waals surface area contributed by atoms with Crippen LogP contribution < -0.4 is 5.56 Å². The van der Waals surface area contributed by atoms with Crippen LogP contribution in [-0.4, -0.2) is 15.1 Å². The fourth-order valence-electron chi connectivity index (χ4n) is 1.28. The molecule has 0 aliphatic carbocycles. The van der Waals surface area contributed by atoms with Crippen LogP contribution in [0.1, 0.15) is 5.56 Å². The van der Waals surface area contributed by atoms with Crippen LogP contribution in [0, 0.1) is 5.82 Å². The molecule has 1 heterocycles. The van der Waals surface area contributed by atoms with Crippen molar-refractivity contribution in [2.45, 2.75) is 10.9 Å². The Morgan fingerprint density at radius 2 is 2.22 bits per heavy atom. The van der Waals surface area contributed by atoms with E-state index in [1.54, 1.807) is 6.07 Å². The molecule has 2 aromatic rings. The lowest BCUT2D eigenvalue weighted by molar-refractivity contribution is 0.444. The molecule has 0 fully saturated rings. The highest BCUT2D eigenvalue weighted by molar-refractivity contribution is 7.98. The van der Waals surface area contributed by atoms with E-state index in [0.29, 0.717) is 16.3 Å². The first-order chi connectivity index (χ1) is 8.54. The van der Waals surface area contributed by atoms with Crippen LogP contribution in [0.5, 0.6) is 5.88 Å². The molecule has 0 saturated heterocycles. The van der Waals surface area contributed by atoms with Crippen LogP contribution in [0.3, 0.4) is 0 Å². The number of H-pyrrole nitrogens is 1. The van der Waals surface area contributed by atoms with E-state index in [1.165, 1.54) is 23.9 Å². The molecule has 0 amide bonds. The lowest BCUT2D eigenvalue weighted by atomic mass is 10.2. The lowest BCUT2D eigenvalue weighted by Gasteiger charge is -2.04. The number of nitrogens with one attached hydrogen (secondary N) is 1. The van der Waals surface area contributed by atoms with Gasteiger partial charge in [-0.2, -0.15) is 4.98 Å². The van der Waals surface area contributed by atoms with Gasteiger partial charge in [-0.15, -0.1) is 0 Å². The number of thioether (sulfide) groups is 1. The number of aromatic nitrogens is 2. The smallest absolute Gasteiger partial charge is 0.255 e. The summed E-state index contributed by atoms with van der Waals surface area (Å²) in [7, 11) is 0. The molecule has 0 atom stereocenters. The number of aromatic hydroxyl groups is 1. The average molecular weight is 287 g/mol. The van der Waals surface area contributed by atoms with Gasteiger partial charge in [0, 0.05) is 10.8 Å². The average Bonchev–Trinajstić information content (AvgIpc) is 2.26. The molecular formula is C11H8ClFN2O2S. The first-order valence-corrected chi connectivity index (χ1v) is 6.28. The molecule has 0 bridgehead atoms. The number of hydrogen-bond acceptors (Lipinski definition) is 4. The number of nitrogens with zero attached hydrogens (tertiary/aromatic N) is 1. The fraction of sp³-hybridized carbons (Fsp3) is 0.0909. The van der Waals surface area contributed by atoms with Gasteiger partial charge in [0.1, 0.15) is 5.82 Å². The predicted octanol–water partition coefficient (Wildman–Crippen LogP) is 2.56. The van der Waals surface area contributed by atoms with E-state index < -0.39 is 11.4 Å². The molecule has 4 nitrogen and oxygen atoms in total. The van der Waals surface area contributed by atoms with Gasteiger partial charge in [0.2, 0.25) is 5.88 Å². The van der Waals surface area contributed by atoms with Crippen LogP contribution in [0.25, 0.3) is 0 Å². The Bertz CT molecular complexity index is 633. The van der Waals surface area contributed by atoms with Crippen LogP contribution >= 0.6 is 23.4 Å². The zero-order valence-electron chi connectivity index (χ0n) is 8.98. The van der Waals surface area contributed by atoms with Gasteiger partial charge < -0.3 is 10.1 Å². The van der Waals surface area contributed by atoms with Crippen molar-refractivity contribution in [3.63, 3.8) is 0 Å². The van der Waals surface area contributed by atoms with Gasteiger partial charge in [-0.3, -0.25) is 4.79 Å². The first kappa shape index (κ1) is 12.9. The third kappa shape index (κ3) is 3.24. The summed E-state index contributed by atoms with van der Waals surface area (Å²) in [6, 6.07) is 5.07. The van der Waals surface area contributed by atoms with Gasteiger partial charge >= 0.3 is 0 Å². The number of rotatable bonds is 3. The molecule has 0 unspecified atom stereocenters. The largest absolute Gasteiger partial charge is 0.493 e. The molecule has 94 valence electrons. The van der Waals surface area contributed by atoms with Crippen molar-refractivity contribution in [2.75, 3.05) is 0 Å². The van der Waals surface area contributed by atoms with Crippen molar-refractivity contribution in [1.29, 1.82) is 0 Å². The predicted molar refractivity (Wildman–Crippen MR) is 67.5 cm³/mol. The van der Waals surface area contributed by atoms with Crippen molar-refractivity contribution in [2.24, 2.45) is 0 Å². The van der Waals surface area contributed by atoms with Gasteiger partial charge in [0.25, 0.3) is 5.56 Å². The van der Waals surface area contributed by atoms with Crippen molar-refractivity contribution >= 4 is 23.4 Å². The van der Waals surface area contributed by atoms with Crippen LogP contribution in [0.2, 0.25) is 5.02 Å². The molecule has 2 N–H and O–H groups in total. The number of halogens is 2. The Hall–Kier alpha value is -1.53. The molecular weight excluding hydrogens is 279 g/mol. The normalized spacial score (nSPS) is 10.6. The summed E-state index contributed by atoms with van der Waals surface area (Å²) in [5.74, 6) is -0.338. The molecule has 7 heteroatoms. The third-order valence-electron chi connectivity index (χ3n) is 2.09. The van der Waals surface area contributed by atoms with Gasteiger partial charge in [-0.1, -0.05) is 29.4 Å². The maximum Gasteiger partial charge on any atom is 0.255 e. The zero-order chi connectivity index (χ0) is 13.1. The minimum atomic E-state index is -0.435. The second-order valence-electron chi connectivity index (χ2n) is 3.43. The molecule has 0 saturated carbocycles. The van der Waals surface area contributed by atoms with Crippen molar-refractivity contribution in [3.8, 4) is 5.88 Å². The van der Waals surface area contributed by atoms with Crippen molar-refractivity contribution < 1.29 is 9.50 Å². The zero-order valence-corrected chi connectivity index (χ0v) is 10.6. The second kappa shape index (κ2) is 5.41. The minimum absolute atomic E-state index is 0.278. The van der Waals surface area contributed by atoms with E-state index in [0.717, 1.165) is 6.07 Å². The molecule has 0 aliphatic rings. The molecule has 1 aromatic heterocycles. The molecule has 2 rings (SSSR count). The third-order valence-corrected chi connectivity index (χ3v) is 3.36. The van der Waals surface area contributed by atoms with Gasteiger partial charge in [-0.05, 0) is 17.7 Å². The Kier molecular flexibility index (Phi) is 3.88. The topological polar surface area (TPSA) is 66.0 Å². The first-order valence-electron chi connectivity index (χ1n) is 4.91. The van der Waals surface area contributed by atoms with E-state index >= 15 is 0 Å². The van der Waals surface area contributed by atoms with Crippen LogP contribution in [-0.2, 0) is 5.75 Å². The second-order valence-corrected chi connectivity index (χ2v) is 4.80. The number of aromatic amines is 1. The highest BCUT2D eigenvalue weighted by atomic mass is 35.5. The highest BCUT2D eigenvalue weighted by Gasteiger charge is 2.05. The SMILES string of the molecule is O=c1cc(O)nc(SCc2ccc(F)cc2Cl)[nH]1. The van der Waals surface area contributed by atoms with E-state index in [4.69, 9.17) is 16.7 Å². The molecule has 0 spiro atoms. The molecule has 0 radical (unpaired) electrons. The molecule has 0 aliphatic heterocycles. The Morgan fingerprint density at radius 3 is 2.89 bits per heavy atom. The summed E-state index contributed by atoms with van der Waals surface area (Å²) in [5.41, 5.74) is 0.282. The van der Waals surface area contributed by atoms with Gasteiger partial charge in [0.05, 0.1) is 6.07 Å². The monoisotopic (exact) mass is 286 g/mol. The Morgan fingerprint density at radius 1 is 1.44 bits per heavy atom. The van der Waals surface area contributed by atoms with Gasteiger partial charge in [-0.25, -0.2) is 4.39 Å². The minimum Gasteiger partial charge on any atom is -0.493 e. The molecule has 1 aromatic carbocycles. The summed E-state index contributed by atoms with van der Waals surface area (Å²) in [6.07, 6.45) is 0. The van der Waals surface area contributed by atoms with Gasteiger partial charge in [0.15, 0.2) is 5.16 Å². The van der Waals surface area contributed by atoms with E-state index in [1.807, 2.05) is 0 Å². The lowest BCUT2D eigenvalue weighted by Crippen LogP contribution is -2.06. The summed E-state index contributed by atoms with van der Waals surface area (Å²) in [5, 5.41) is 9.75. The maximum atomic E-state index is 12.8. The standard InChI is InChI=1S/C11H8ClFN2O2S/c12-8-3-7(13)2-1-6(8)5-18-11-14-9(16)4-10(17)15-11/h1-4H,5H2,(H2,14,15,16,17). The number of hydrogen-bond donors (Lipinski definition) is 2. The van der Waals surface area contributed by atoms with E-state index in [2.05, 4.69) is 9.97 Å². The summed E-state index contributed by atoms with van der Waals surface area (Å²) >= 11 is 7.05. The van der Waals surface area contributed by atoms with Crippen molar-refractivity contribution in [3.05, 3.63) is 51.0 Å². The molecule has 18 heavy (non-hydrogen) atoms. The summed E-state index contributed by atoms with van der Waals surface area (Å²) < 4.78 is 12.8. The quantitative estimate of drug-likeness (QED) is 0.672. The van der Waals surface area contributed by atoms with Crippen LogP contribution in [0.15, 0.2) is 34.2 Å². The van der Waals surface area contributed by atoms with E-state index in [9.17, 15) is 9.18 Å². The highest BCUT2D eigenvalue weighted by Crippen LogP contribution is 2.25. The van der Waals surface area contributed by atoms with E-state index in [-0.39, 0.29) is 11.0 Å². The summed E-state index contributed by atoms with van der Waals surface area (Å²) in [6.45, 7) is 0. The Labute approximate surface area is 111 Å². The van der Waals surface area contributed by atoms with Crippen molar-refractivity contribution in [1.82, 2.24) is 9.97 Å². The Balaban J connectivity index is 2.13. The fourth-order valence-corrected chi connectivity index (χ4v) is 2.46. The number of benzene rings is 1. The van der Waals surface area contributed by atoms with Crippen LogP contribution in [0.4, 0.5) is 4.39 Å². The summed E-state index contributed by atoms with van der Waals surface area (Å²) in [4.78, 5) is 17.3.